The summed E-state index contributed by atoms with van der Waals surface area (Å²) in [6, 6.07) is 0. The van der Waals surface area contributed by atoms with E-state index in [-0.39, 0.29) is 23.9 Å². The smallest absolute Gasteiger partial charge is 0.314 e. The highest BCUT2D eigenvalue weighted by Crippen LogP contribution is 2.72. The second kappa shape index (κ2) is 9.37. The van der Waals surface area contributed by atoms with Gasteiger partial charge in [0.25, 0.3) is 0 Å². The Labute approximate surface area is 219 Å². The molecule has 0 aromatic carbocycles. The lowest BCUT2D eigenvalue weighted by Gasteiger charge is -2.63. The Bertz CT molecular complexity index is 977. The van der Waals surface area contributed by atoms with Crippen molar-refractivity contribution in [1.82, 2.24) is 0 Å². The Hall–Kier alpha value is -1.93. The molecule has 206 valence electrons. The maximum Gasteiger partial charge on any atom is 0.314 e. The second-order valence-electron chi connectivity index (χ2n) is 12.9. The Balaban J connectivity index is 1.34. The minimum Gasteiger partial charge on any atom is -0.463 e. The van der Waals surface area contributed by atoms with Crippen molar-refractivity contribution in [2.24, 2.45) is 34.0 Å². The van der Waals surface area contributed by atoms with E-state index in [4.69, 9.17) is 18.9 Å². The Kier molecular flexibility index (Phi) is 6.75. The number of ether oxygens (including phenoxy) is 4. The molecule has 5 rings (SSSR count). The lowest BCUT2D eigenvalue weighted by molar-refractivity contribution is -0.217. The first-order chi connectivity index (χ1) is 17.4. The van der Waals surface area contributed by atoms with E-state index in [1.54, 1.807) is 0 Å². The topological polar surface area (TPSA) is 108 Å². The summed E-state index contributed by atoms with van der Waals surface area (Å²) in [6.07, 6.45) is 5.01. The fourth-order valence-corrected chi connectivity index (χ4v) is 9.31. The van der Waals surface area contributed by atoms with Crippen LogP contribution in [-0.4, -0.2) is 54.2 Å². The third-order valence-electron chi connectivity index (χ3n) is 10.8. The van der Waals surface area contributed by atoms with Crippen LogP contribution in [0.25, 0.3) is 0 Å². The number of allylic oxidation sites excluding steroid dienone is 1. The molecular weight excluding hydrogens is 476 g/mol. The average Bonchev–Trinajstić information content (AvgIpc) is 3.23. The lowest BCUT2D eigenvalue weighted by atomic mass is 9.41. The molecule has 5 aliphatic rings. The molecule has 1 heterocycles. The third kappa shape index (κ3) is 4.32. The summed E-state index contributed by atoms with van der Waals surface area (Å²) in [5.74, 6) is -0.0737. The van der Waals surface area contributed by atoms with Crippen molar-refractivity contribution in [3.05, 3.63) is 12.2 Å². The zero-order chi connectivity index (χ0) is 26.8. The lowest BCUT2D eigenvalue weighted by Crippen LogP contribution is -2.58. The molecule has 1 N–H and O–H groups in total. The Morgan fingerprint density at radius 2 is 1.78 bits per heavy atom. The number of hydrogen-bond donors (Lipinski definition) is 1. The van der Waals surface area contributed by atoms with Gasteiger partial charge in [-0.05, 0) is 86.9 Å². The van der Waals surface area contributed by atoms with E-state index >= 15 is 0 Å². The van der Waals surface area contributed by atoms with Crippen LogP contribution in [0, 0.1) is 34.0 Å². The molecule has 37 heavy (non-hydrogen) atoms. The molecule has 8 nitrogen and oxygen atoms in total. The summed E-state index contributed by atoms with van der Waals surface area (Å²) in [4.78, 5) is 36.8. The number of rotatable bonds is 5. The molecule has 5 fully saturated rings. The SMILES string of the molecule is C=C1C[C@@]23CC[C@@H]4[C@@](C)(CCC[C@]4(C)C(=O)O[C@H]4O[C@@H](COC(C)=O)[C@H](OC(C)=O)[C@H]4O)[C@H]2CC[C@@H]1C3. The van der Waals surface area contributed by atoms with Crippen LogP contribution in [0.15, 0.2) is 12.2 Å². The van der Waals surface area contributed by atoms with Gasteiger partial charge in [-0.1, -0.05) is 25.5 Å². The first-order valence-electron chi connectivity index (χ1n) is 13.9. The summed E-state index contributed by atoms with van der Waals surface area (Å²) >= 11 is 0. The number of hydrogen-bond acceptors (Lipinski definition) is 8. The minimum atomic E-state index is -1.37. The molecular formula is C29H42O8. The van der Waals surface area contributed by atoms with Gasteiger partial charge in [-0.2, -0.15) is 0 Å². The molecule has 0 radical (unpaired) electrons. The second-order valence-corrected chi connectivity index (χ2v) is 12.9. The van der Waals surface area contributed by atoms with Crippen LogP contribution in [0.3, 0.4) is 0 Å². The molecule has 1 saturated heterocycles. The van der Waals surface area contributed by atoms with Crippen molar-refractivity contribution in [2.75, 3.05) is 6.61 Å². The van der Waals surface area contributed by atoms with Gasteiger partial charge in [0.2, 0.25) is 6.29 Å². The zero-order valence-corrected chi connectivity index (χ0v) is 22.6. The van der Waals surface area contributed by atoms with Gasteiger partial charge in [-0.3, -0.25) is 14.4 Å². The summed E-state index contributed by atoms with van der Waals surface area (Å²) < 4.78 is 21.9. The standard InChI is InChI=1S/C29H42O8/c1-16-13-29-12-9-21-27(4,22(29)8-7-19(16)14-29)10-6-11-28(21,5)26(33)37-25-23(32)24(35-18(3)31)20(36-25)15-34-17(2)30/h19-25,32H,1,6-15H2,2-5H3/t19-,20+,21-,22-,23-,24+,25-,27-,28+,29-/m1/s1. The van der Waals surface area contributed by atoms with Gasteiger partial charge in [0.15, 0.2) is 12.2 Å². The van der Waals surface area contributed by atoms with E-state index in [2.05, 4.69) is 13.5 Å². The van der Waals surface area contributed by atoms with Gasteiger partial charge in [-0.15, -0.1) is 0 Å². The van der Waals surface area contributed by atoms with E-state index in [1.807, 2.05) is 6.92 Å². The van der Waals surface area contributed by atoms with Crippen LogP contribution in [0.5, 0.6) is 0 Å². The van der Waals surface area contributed by atoms with E-state index in [0.717, 1.165) is 38.5 Å². The van der Waals surface area contributed by atoms with E-state index in [9.17, 15) is 19.5 Å². The van der Waals surface area contributed by atoms with Crippen molar-refractivity contribution in [2.45, 2.75) is 110 Å². The van der Waals surface area contributed by atoms with Crippen molar-refractivity contribution in [1.29, 1.82) is 0 Å². The van der Waals surface area contributed by atoms with Gasteiger partial charge in [0.1, 0.15) is 12.7 Å². The van der Waals surface area contributed by atoms with Crippen LogP contribution in [0.1, 0.15) is 85.5 Å². The van der Waals surface area contributed by atoms with E-state index in [0.29, 0.717) is 17.3 Å². The van der Waals surface area contributed by atoms with Crippen LogP contribution in [-0.2, 0) is 33.3 Å². The number of carbonyl (C=O) groups excluding carboxylic acids is 3. The molecule has 0 aromatic rings. The predicted molar refractivity (Wildman–Crippen MR) is 133 cm³/mol. The largest absolute Gasteiger partial charge is 0.463 e. The van der Waals surface area contributed by atoms with Crippen molar-refractivity contribution >= 4 is 17.9 Å². The quantitative estimate of drug-likeness (QED) is 0.330. The third-order valence-corrected chi connectivity index (χ3v) is 10.8. The highest BCUT2D eigenvalue weighted by molar-refractivity contribution is 5.77. The molecule has 10 atom stereocenters. The predicted octanol–water partition coefficient (Wildman–Crippen LogP) is 4.08. The van der Waals surface area contributed by atoms with Gasteiger partial charge >= 0.3 is 17.9 Å². The van der Waals surface area contributed by atoms with Crippen LogP contribution in [0.4, 0.5) is 0 Å². The van der Waals surface area contributed by atoms with Crippen LogP contribution < -0.4 is 0 Å². The molecule has 0 aromatic heterocycles. The molecule has 2 bridgehead atoms. The maximum atomic E-state index is 13.9. The van der Waals surface area contributed by atoms with Gasteiger partial charge < -0.3 is 24.1 Å². The average molecular weight is 519 g/mol. The normalized spacial score (nSPS) is 46.5. The highest BCUT2D eigenvalue weighted by Gasteiger charge is 2.65. The van der Waals surface area contributed by atoms with Crippen LogP contribution in [0.2, 0.25) is 0 Å². The minimum absolute atomic E-state index is 0.0488. The van der Waals surface area contributed by atoms with Crippen molar-refractivity contribution in [3.63, 3.8) is 0 Å². The van der Waals surface area contributed by atoms with Gasteiger partial charge in [-0.25, -0.2) is 0 Å². The van der Waals surface area contributed by atoms with Crippen molar-refractivity contribution in [3.8, 4) is 0 Å². The molecule has 4 saturated carbocycles. The van der Waals surface area contributed by atoms with Crippen LogP contribution >= 0.6 is 0 Å². The first kappa shape index (κ1) is 26.7. The molecule has 0 unspecified atom stereocenters. The molecule has 0 amide bonds. The fraction of sp³-hybridized carbons (Fsp3) is 0.828. The first-order valence-corrected chi connectivity index (χ1v) is 13.9. The summed E-state index contributed by atoms with van der Waals surface area (Å²) in [5.41, 5.74) is 1.11. The summed E-state index contributed by atoms with van der Waals surface area (Å²) in [5, 5.41) is 10.9. The van der Waals surface area contributed by atoms with Gasteiger partial charge in [0, 0.05) is 13.8 Å². The molecule has 4 aliphatic carbocycles. The number of aliphatic hydroxyl groups is 1. The summed E-state index contributed by atoms with van der Waals surface area (Å²) in [6.45, 7) is 11.1. The Morgan fingerprint density at radius 1 is 1.03 bits per heavy atom. The number of aliphatic hydroxyl groups excluding tert-OH is 1. The molecule has 1 aliphatic heterocycles. The number of carbonyl (C=O) groups is 3. The monoisotopic (exact) mass is 518 g/mol. The number of esters is 3. The van der Waals surface area contributed by atoms with E-state index in [1.165, 1.54) is 38.7 Å². The zero-order valence-electron chi connectivity index (χ0n) is 22.6. The summed E-state index contributed by atoms with van der Waals surface area (Å²) in [7, 11) is 0. The van der Waals surface area contributed by atoms with Crippen molar-refractivity contribution < 1.29 is 38.4 Å². The highest BCUT2D eigenvalue weighted by atomic mass is 16.7. The molecule has 1 spiro atoms. The number of fused-ring (bicyclic) bond motifs is 3. The maximum absolute atomic E-state index is 13.9. The van der Waals surface area contributed by atoms with E-state index < -0.39 is 42.0 Å². The Morgan fingerprint density at radius 3 is 2.49 bits per heavy atom. The van der Waals surface area contributed by atoms with Gasteiger partial charge in [0.05, 0.1) is 5.41 Å². The fourth-order valence-electron chi connectivity index (χ4n) is 9.31. The molecule has 8 heteroatoms.